The molecule has 0 radical (unpaired) electrons. The van der Waals surface area contributed by atoms with Crippen LogP contribution in [0.3, 0.4) is 0 Å². The molecule has 0 unspecified atom stereocenters. The maximum absolute atomic E-state index is 12.6. The lowest BCUT2D eigenvalue weighted by atomic mass is 10.1. The third-order valence-corrected chi connectivity index (χ3v) is 5.55. The molecule has 0 saturated carbocycles. The van der Waals surface area contributed by atoms with Gasteiger partial charge in [-0.25, -0.2) is 13.9 Å². The van der Waals surface area contributed by atoms with Crippen molar-refractivity contribution in [2.45, 2.75) is 18.0 Å². The van der Waals surface area contributed by atoms with Crippen LogP contribution in [0.4, 0.5) is 0 Å². The van der Waals surface area contributed by atoms with E-state index in [0.29, 0.717) is 6.54 Å². The molecular formula is C16H15N3O4S. The number of sulfonamides is 1. The standard InChI is InChI=1S/C16H15N3O4S/c20-16(18-21)4-2-12-1-3-13-10-19(11-14(13)9-12)24(22,23)15-5-7-17-8-6-15/h1-9,21H,10-11H2,(H,18,20)/b4-2+. The van der Waals surface area contributed by atoms with Gasteiger partial charge in [0.2, 0.25) is 10.0 Å². The van der Waals surface area contributed by atoms with Crippen LogP contribution in [0.25, 0.3) is 6.08 Å². The van der Waals surface area contributed by atoms with E-state index in [9.17, 15) is 13.2 Å². The van der Waals surface area contributed by atoms with Gasteiger partial charge in [-0.15, -0.1) is 0 Å². The monoisotopic (exact) mass is 345 g/mol. The zero-order chi connectivity index (χ0) is 17.2. The second-order valence-corrected chi connectivity index (χ2v) is 7.23. The minimum atomic E-state index is -3.57. The first-order chi connectivity index (χ1) is 11.5. The van der Waals surface area contributed by atoms with Crippen molar-refractivity contribution in [3.8, 4) is 0 Å². The Morgan fingerprint density at radius 2 is 1.88 bits per heavy atom. The Kier molecular flexibility index (Phi) is 4.43. The average molecular weight is 345 g/mol. The fraction of sp³-hybridized carbons (Fsp3) is 0.125. The van der Waals surface area contributed by atoms with E-state index in [4.69, 9.17) is 5.21 Å². The quantitative estimate of drug-likeness (QED) is 0.494. The van der Waals surface area contributed by atoms with Crippen molar-refractivity contribution in [3.05, 3.63) is 65.5 Å². The Bertz CT molecular complexity index is 895. The van der Waals surface area contributed by atoms with Crippen LogP contribution < -0.4 is 5.48 Å². The maximum Gasteiger partial charge on any atom is 0.267 e. The molecule has 0 fully saturated rings. The van der Waals surface area contributed by atoms with Crippen LogP contribution in [0.1, 0.15) is 16.7 Å². The number of amides is 1. The molecule has 0 saturated heterocycles. The molecule has 0 aliphatic carbocycles. The molecule has 3 rings (SSSR count). The van der Waals surface area contributed by atoms with Crippen molar-refractivity contribution in [1.29, 1.82) is 0 Å². The number of hydroxylamine groups is 1. The van der Waals surface area contributed by atoms with E-state index in [1.807, 2.05) is 12.1 Å². The van der Waals surface area contributed by atoms with Crippen LogP contribution >= 0.6 is 0 Å². The zero-order valence-electron chi connectivity index (χ0n) is 12.6. The van der Waals surface area contributed by atoms with E-state index in [0.717, 1.165) is 16.7 Å². The number of fused-ring (bicyclic) bond motifs is 1. The molecule has 0 spiro atoms. The number of hydrogen-bond acceptors (Lipinski definition) is 5. The SMILES string of the molecule is O=C(/C=C/c1ccc2c(c1)CN(S(=O)(=O)c1ccncc1)C2)NO. The van der Waals surface area contributed by atoms with E-state index in [-0.39, 0.29) is 11.4 Å². The van der Waals surface area contributed by atoms with Gasteiger partial charge < -0.3 is 0 Å². The minimum Gasteiger partial charge on any atom is -0.288 e. The molecule has 2 N–H and O–H groups in total. The normalized spacial score (nSPS) is 14.7. The number of nitrogens with one attached hydrogen (secondary N) is 1. The van der Waals surface area contributed by atoms with Gasteiger partial charge in [0, 0.05) is 31.6 Å². The highest BCUT2D eigenvalue weighted by Gasteiger charge is 2.30. The smallest absolute Gasteiger partial charge is 0.267 e. The number of benzene rings is 1. The summed E-state index contributed by atoms with van der Waals surface area (Å²) < 4.78 is 26.7. The number of aromatic nitrogens is 1. The number of hydrogen-bond donors (Lipinski definition) is 2. The van der Waals surface area contributed by atoms with Gasteiger partial charge in [0.15, 0.2) is 0 Å². The predicted octanol–water partition coefficient (Wildman–Crippen LogP) is 1.30. The highest BCUT2D eigenvalue weighted by Crippen LogP contribution is 2.29. The van der Waals surface area contributed by atoms with Crippen molar-refractivity contribution in [2.24, 2.45) is 0 Å². The Balaban J connectivity index is 1.83. The van der Waals surface area contributed by atoms with Crippen molar-refractivity contribution in [1.82, 2.24) is 14.8 Å². The summed E-state index contributed by atoms with van der Waals surface area (Å²) >= 11 is 0. The van der Waals surface area contributed by atoms with Crippen LogP contribution in [0, 0.1) is 0 Å². The average Bonchev–Trinajstić information content (AvgIpc) is 3.04. The molecule has 0 bridgehead atoms. The van der Waals surface area contributed by atoms with Crippen LogP contribution in [-0.2, 0) is 27.9 Å². The first-order valence-corrected chi connectivity index (χ1v) is 8.59. The molecule has 1 amide bonds. The predicted molar refractivity (Wildman–Crippen MR) is 86.1 cm³/mol. The molecular weight excluding hydrogens is 330 g/mol. The fourth-order valence-corrected chi connectivity index (χ4v) is 3.91. The van der Waals surface area contributed by atoms with Gasteiger partial charge in [-0.1, -0.05) is 18.2 Å². The number of pyridine rings is 1. The lowest BCUT2D eigenvalue weighted by Crippen LogP contribution is -2.25. The topological polar surface area (TPSA) is 99.6 Å². The molecule has 1 aliphatic heterocycles. The number of carbonyl (C=O) groups is 1. The van der Waals surface area contributed by atoms with E-state index in [2.05, 4.69) is 4.98 Å². The zero-order valence-corrected chi connectivity index (χ0v) is 13.4. The molecule has 1 aliphatic rings. The summed E-state index contributed by atoms with van der Waals surface area (Å²) in [6, 6.07) is 8.41. The van der Waals surface area contributed by atoms with Crippen LogP contribution in [0.5, 0.6) is 0 Å². The molecule has 24 heavy (non-hydrogen) atoms. The summed E-state index contributed by atoms with van der Waals surface area (Å²) in [5.41, 5.74) is 4.08. The van der Waals surface area contributed by atoms with Gasteiger partial charge in [0.1, 0.15) is 0 Å². The Morgan fingerprint density at radius 3 is 2.58 bits per heavy atom. The molecule has 8 heteroatoms. The van der Waals surface area contributed by atoms with Crippen molar-refractivity contribution in [2.75, 3.05) is 0 Å². The van der Waals surface area contributed by atoms with Gasteiger partial charge in [-0.05, 0) is 34.9 Å². The summed E-state index contributed by atoms with van der Waals surface area (Å²) in [7, 11) is -3.57. The summed E-state index contributed by atoms with van der Waals surface area (Å²) in [5, 5.41) is 8.47. The van der Waals surface area contributed by atoms with Gasteiger partial charge in [-0.3, -0.25) is 15.0 Å². The largest absolute Gasteiger partial charge is 0.288 e. The number of carbonyl (C=O) groups excluding carboxylic acids is 1. The van der Waals surface area contributed by atoms with Crippen LogP contribution in [0.2, 0.25) is 0 Å². The van der Waals surface area contributed by atoms with E-state index < -0.39 is 15.9 Å². The lowest BCUT2D eigenvalue weighted by Gasteiger charge is -2.15. The second-order valence-electron chi connectivity index (χ2n) is 5.29. The highest BCUT2D eigenvalue weighted by atomic mass is 32.2. The third-order valence-electron chi connectivity index (χ3n) is 3.75. The Hall–Kier alpha value is -2.55. The number of rotatable bonds is 4. The maximum atomic E-state index is 12.6. The molecule has 1 aromatic carbocycles. The number of nitrogens with zero attached hydrogens (tertiary/aromatic N) is 2. The van der Waals surface area contributed by atoms with Gasteiger partial charge in [0.25, 0.3) is 5.91 Å². The lowest BCUT2D eigenvalue weighted by molar-refractivity contribution is -0.124. The Morgan fingerprint density at radius 1 is 1.17 bits per heavy atom. The highest BCUT2D eigenvalue weighted by molar-refractivity contribution is 7.89. The van der Waals surface area contributed by atoms with Crippen molar-refractivity contribution in [3.63, 3.8) is 0 Å². The summed E-state index contributed by atoms with van der Waals surface area (Å²) in [6.07, 6.45) is 5.64. The molecule has 1 aromatic heterocycles. The first-order valence-electron chi connectivity index (χ1n) is 7.15. The van der Waals surface area contributed by atoms with Gasteiger partial charge in [0.05, 0.1) is 4.90 Å². The molecule has 0 atom stereocenters. The van der Waals surface area contributed by atoms with E-state index >= 15 is 0 Å². The summed E-state index contributed by atoms with van der Waals surface area (Å²) in [5.74, 6) is -0.627. The van der Waals surface area contributed by atoms with Crippen LogP contribution in [-0.4, -0.2) is 28.8 Å². The van der Waals surface area contributed by atoms with E-state index in [1.165, 1.54) is 40.4 Å². The summed E-state index contributed by atoms with van der Waals surface area (Å²) in [4.78, 5) is 15.1. The minimum absolute atomic E-state index is 0.213. The molecule has 124 valence electrons. The molecule has 2 heterocycles. The van der Waals surface area contributed by atoms with E-state index in [1.54, 1.807) is 12.1 Å². The first kappa shape index (κ1) is 16.3. The van der Waals surface area contributed by atoms with Gasteiger partial charge >= 0.3 is 0 Å². The molecule has 7 nitrogen and oxygen atoms in total. The molecule has 2 aromatic rings. The van der Waals surface area contributed by atoms with Gasteiger partial charge in [-0.2, -0.15) is 4.31 Å². The van der Waals surface area contributed by atoms with Crippen molar-refractivity contribution < 1.29 is 18.4 Å². The third kappa shape index (κ3) is 3.21. The van der Waals surface area contributed by atoms with Crippen molar-refractivity contribution >= 4 is 22.0 Å². The summed E-state index contributed by atoms with van der Waals surface area (Å²) in [6.45, 7) is 0.578. The van der Waals surface area contributed by atoms with Crippen LogP contribution in [0.15, 0.2) is 53.7 Å². The Labute approximate surface area is 139 Å². The second kappa shape index (κ2) is 6.52. The fourth-order valence-electron chi connectivity index (χ4n) is 2.53.